The quantitative estimate of drug-likeness (QED) is 0.657. The van der Waals surface area contributed by atoms with Gasteiger partial charge in [0, 0.05) is 17.4 Å². The van der Waals surface area contributed by atoms with Gasteiger partial charge in [-0.3, -0.25) is 4.79 Å². The van der Waals surface area contributed by atoms with Crippen LogP contribution in [0.1, 0.15) is 28.9 Å². The van der Waals surface area contributed by atoms with Gasteiger partial charge in [0.05, 0.1) is 5.52 Å². The van der Waals surface area contributed by atoms with Crippen LogP contribution < -0.4 is 0 Å². The highest BCUT2D eigenvalue weighted by molar-refractivity contribution is 6.01. The number of hydrogen-bond acceptors (Lipinski definition) is 2. The normalized spacial score (nSPS) is 14.2. The number of fused-ring (bicyclic) bond motifs is 2. The first-order valence-corrected chi connectivity index (χ1v) is 7.34. The molecule has 0 radical (unpaired) electrons. The average molecular weight is 273 g/mol. The second-order valence-corrected chi connectivity index (χ2v) is 5.52. The van der Waals surface area contributed by atoms with Crippen molar-refractivity contribution in [3.8, 4) is 11.1 Å². The van der Waals surface area contributed by atoms with E-state index < -0.39 is 0 Å². The summed E-state index contributed by atoms with van der Waals surface area (Å²) in [6, 6.07) is 18.6. The topological polar surface area (TPSA) is 30.0 Å². The van der Waals surface area contributed by atoms with Crippen LogP contribution in [0.25, 0.3) is 22.0 Å². The van der Waals surface area contributed by atoms with Gasteiger partial charge in [-0.1, -0.05) is 48.5 Å². The van der Waals surface area contributed by atoms with Gasteiger partial charge >= 0.3 is 0 Å². The summed E-state index contributed by atoms with van der Waals surface area (Å²) in [5.74, 6) is 0.181. The molecule has 1 aliphatic rings. The zero-order valence-corrected chi connectivity index (χ0v) is 11.7. The van der Waals surface area contributed by atoms with Crippen LogP contribution in [-0.4, -0.2) is 10.8 Å². The van der Waals surface area contributed by atoms with Gasteiger partial charge in [-0.25, -0.2) is 4.98 Å². The van der Waals surface area contributed by atoms with E-state index in [0.717, 1.165) is 40.4 Å². The Labute approximate surface area is 123 Å². The van der Waals surface area contributed by atoms with Gasteiger partial charge in [0.25, 0.3) is 0 Å². The fourth-order valence-corrected chi connectivity index (χ4v) is 3.08. The third kappa shape index (κ3) is 2.04. The molecule has 3 aromatic rings. The molecule has 1 heterocycles. The van der Waals surface area contributed by atoms with Crippen LogP contribution in [0.2, 0.25) is 0 Å². The van der Waals surface area contributed by atoms with Gasteiger partial charge < -0.3 is 0 Å². The van der Waals surface area contributed by atoms with Crippen molar-refractivity contribution in [2.45, 2.75) is 19.3 Å². The van der Waals surface area contributed by atoms with Crippen LogP contribution >= 0.6 is 0 Å². The molecule has 0 bridgehead atoms. The molecule has 4 rings (SSSR count). The second-order valence-electron chi connectivity index (χ2n) is 5.52. The molecule has 0 unspecified atom stereocenters. The lowest BCUT2D eigenvalue weighted by atomic mass is 9.92. The highest BCUT2D eigenvalue weighted by Crippen LogP contribution is 2.30. The molecule has 0 fully saturated rings. The molecule has 0 amide bonds. The zero-order valence-electron chi connectivity index (χ0n) is 11.7. The summed E-state index contributed by atoms with van der Waals surface area (Å²) >= 11 is 0. The van der Waals surface area contributed by atoms with Crippen LogP contribution in [0.3, 0.4) is 0 Å². The van der Waals surface area contributed by atoms with Crippen molar-refractivity contribution in [3.63, 3.8) is 0 Å². The molecule has 0 aliphatic heterocycles. The standard InChI is InChI=1S/C19H15NO/c21-17-11-5-9-15-12-14-8-4-10-16(18(14)20-19(15)17)13-6-2-1-3-7-13/h1-4,6-8,10,12H,5,9,11H2. The predicted molar refractivity (Wildman–Crippen MR) is 84.4 cm³/mol. The molecule has 2 nitrogen and oxygen atoms in total. The molecule has 0 saturated heterocycles. The maximum atomic E-state index is 12.1. The van der Waals surface area contributed by atoms with Crippen molar-refractivity contribution in [1.82, 2.24) is 4.98 Å². The highest BCUT2D eigenvalue weighted by Gasteiger charge is 2.20. The lowest BCUT2D eigenvalue weighted by Gasteiger charge is -2.16. The van der Waals surface area contributed by atoms with Crippen molar-refractivity contribution in [1.29, 1.82) is 0 Å². The maximum absolute atomic E-state index is 12.1. The smallest absolute Gasteiger partial charge is 0.181 e. The van der Waals surface area contributed by atoms with E-state index in [9.17, 15) is 4.79 Å². The van der Waals surface area contributed by atoms with Crippen molar-refractivity contribution >= 4 is 16.7 Å². The van der Waals surface area contributed by atoms with E-state index in [0.29, 0.717) is 12.1 Å². The summed E-state index contributed by atoms with van der Waals surface area (Å²) in [4.78, 5) is 16.8. The van der Waals surface area contributed by atoms with Crippen LogP contribution in [0.4, 0.5) is 0 Å². The van der Waals surface area contributed by atoms with Crippen LogP contribution in [0, 0.1) is 0 Å². The number of pyridine rings is 1. The Morgan fingerprint density at radius 3 is 2.62 bits per heavy atom. The number of nitrogens with zero attached hydrogens (tertiary/aromatic N) is 1. The number of ketones is 1. The van der Waals surface area contributed by atoms with Crippen molar-refractivity contribution in [2.75, 3.05) is 0 Å². The number of benzene rings is 2. The van der Waals surface area contributed by atoms with Crippen LogP contribution in [0.15, 0.2) is 54.6 Å². The first-order chi connectivity index (χ1) is 10.3. The Bertz CT molecular complexity index is 837. The monoisotopic (exact) mass is 273 g/mol. The predicted octanol–water partition coefficient (Wildman–Crippen LogP) is 4.42. The maximum Gasteiger partial charge on any atom is 0.181 e. The molecule has 2 heteroatoms. The molecular weight excluding hydrogens is 258 g/mol. The summed E-state index contributed by atoms with van der Waals surface area (Å²) < 4.78 is 0. The fourth-order valence-electron chi connectivity index (χ4n) is 3.08. The minimum absolute atomic E-state index is 0.181. The van der Waals surface area contributed by atoms with Gasteiger partial charge in [-0.05, 0) is 30.0 Å². The average Bonchev–Trinajstić information content (AvgIpc) is 2.54. The first-order valence-electron chi connectivity index (χ1n) is 7.34. The zero-order chi connectivity index (χ0) is 14.2. The molecule has 0 N–H and O–H groups in total. The molecule has 1 aliphatic carbocycles. The van der Waals surface area contributed by atoms with E-state index in [2.05, 4.69) is 36.4 Å². The van der Waals surface area contributed by atoms with Gasteiger partial charge in [0.15, 0.2) is 5.78 Å². The van der Waals surface area contributed by atoms with Crippen molar-refractivity contribution in [2.24, 2.45) is 0 Å². The minimum Gasteiger partial charge on any atom is -0.292 e. The number of carbonyl (C=O) groups excluding carboxylic acids is 1. The summed E-state index contributed by atoms with van der Waals surface area (Å²) in [6.07, 6.45) is 2.52. The number of para-hydroxylation sites is 1. The highest BCUT2D eigenvalue weighted by atomic mass is 16.1. The van der Waals surface area contributed by atoms with Gasteiger partial charge in [0.2, 0.25) is 0 Å². The third-order valence-electron chi connectivity index (χ3n) is 4.12. The Balaban J connectivity index is 2.01. The molecule has 1 aromatic heterocycles. The Morgan fingerprint density at radius 2 is 1.76 bits per heavy atom. The Hall–Kier alpha value is -2.48. The van der Waals surface area contributed by atoms with Gasteiger partial charge in [0.1, 0.15) is 5.69 Å². The lowest BCUT2D eigenvalue weighted by Crippen LogP contribution is -2.13. The summed E-state index contributed by atoms with van der Waals surface area (Å²) in [5, 5.41) is 1.12. The number of rotatable bonds is 1. The molecular formula is C19H15NO. The van der Waals surface area contributed by atoms with Crippen molar-refractivity contribution < 1.29 is 4.79 Å². The van der Waals surface area contributed by atoms with E-state index >= 15 is 0 Å². The molecule has 102 valence electrons. The third-order valence-corrected chi connectivity index (χ3v) is 4.12. The number of aryl methyl sites for hydroxylation is 1. The number of Topliss-reactive ketones (excluding diaryl/α,β-unsaturated/α-hetero) is 1. The largest absolute Gasteiger partial charge is 0.292 e. The SMILES string of the molecule is O=C1CCCc2cc3cccc(-c4ccccc4)c3nc21. The first kappa shape index (κ1) is 12.3. The minimum atomic E-state index is 0.181. The summed E-state index contributed by atoms with van der Waals surface area (Å²) in [5.41, 5.74) is 4.94. The summed E-state index contributed by atoms with van der Waals surface area (Å²) in [7, 11) is 0. The van der Waals surface area contributed by atoms with E-state index in [-0.39, 0.29) is 5.78 Å². The molecule has 0 spiro atoms. The van der Waals surface area contributed by atoms with E-state index in [1.165, 1.54) is 0 Å². The van der Waals surface area contributed by atoms with Crippen LogP contribution in [0.5, 0.6) is 0 Å². The van der Waals surface area contributed by atoms with Crippen molar-refractivity contribution in [3.05, 3.63) is 65.9 Å². The van der Waals surface area contributed by atoms with E-state index in [1.807, 2.05) is 18.2 Å². The molecule has 0 atom stereocenters. The summed E-state index contributed by atoms with van der Waals surface area (Å²) in [6.45, 7) is 0. The van der Waals surface area contributed by atoms with E-state index in [4.69, 9.17) is 4.98 Å². The molecule has 21 heavy (non-hydrogen) atoms. The van der Waals surface area contributed by atoms with Gasteiger partial charge in [-0.2, -0.15) is 0 Å². The second kappa shape index (κ2) is 4.81. The fraction of sp³-hybridized carbons (Fsp3) is 0.158. The lowest BCUT2D eigenvalue weighted by molar-refractivity contribution is 0.0967. The Kier molecular flexibility index (Phi) is 2.81. The number of hydrogen-bond donors (Lipinski definition) is 0. The molecule has 2 aromatic carbocycles. The molecule has 0 saturated carbocycles. The van der Waals surface area contributed by atoms with E-state index in [1.54, 1.807) is 0 Å². The van der Waals surface area contributed by atoms with Gasteiger partial charge in [-0.15, -0.1) is 0 Å². The Morgan fingerprint density at radius 1 is 0.905 bits per heavy atom. The number of aromatic nitrogens is 1. The number of carbonyl (C=O) groups is 1. The van der Waals surface area contributed by atoms with Crippen LogP contribution in [-0.2, 0) is 6.42 Å².